The van der Waals surface area contributed by atoms with Gasteiger partial charge in [-0.25, -0.2) is 0 Å². The van der Waals surface area contributed by atoms with Crippen molar-refractivity contribution in [2.45, 2.75) is 34.6 Å². The molecule has 0 spiro atoms. The predicted molar refractivity (Wildman–Crippen MR) is 214 cm³/mol. The van der Waals surface area contributed by atoms with Crippen molar-refractivity contribution >= 4 is 51.2 Å². The highest BCUT2D eigenvalue weighted by Gasteiger charge is 2.19. The van der Waals surface area contributed by atoms with E-state index in [0.29, 0.717) is 0 Å². The van der Waals surface area contributed by atoms with Gasteiger partial charge in [-0.1, -0.05) is 72.3 Å². The Labute approximate surface area is 297 Å². The van der Waals surface area contributed by atoms with E-state index in [4.69, 9.17) is 0 Å². The van der Waals surface area contributed by atoms with Gasteiger partial charge in [0.25, 0.3) is 0 Å². The van der Waals surface area contributed by atoms with Crippen molar-refractivity contribution in [3.63, 3.8) is 0 Å². The van der Waals surface area contributed by atoms with Gasteiger partial charge in [0.05, 0.1) is 0 Å². The molecule has 0 aromatic heterocycles. The summed E-state index contributed by atoms with van der Waals surface area (Å²) in [5.74, 6) is 0. The van der Waals surface area contributed by atoms with Crippen molar-refractivity contribution in [2.24, 2.45) is 0 Å². The highest BCUT2D eigenvalue weighted by atomic mass is 15.2. The molecule has 3 nitrogen and oxygen atoms in total. The van der Waals surface area contributed by atoms with E-state index in [1.807, 2.05) is 0 Å². The average molecular weight is 650 g/mol. The first-order valence-corrected chi connectivity index (χ1v) is 17.3. The topological polar surface area (TPSA) is 9.72 Å². The monoisotopic (exact) mass is 649 g/mol. The van der Waals surface area contributed by atoms with Crippen molar-refractivity contribution in [1.29, 1.82) is 0 Å². The summed E-state index contributed by atoms with van der Waals surface area (Å²) in [4.78, 5) is 7.03. The van der Waals surface area contributed by atoms with Crippen LogP contribution >= 0.6 is 0 Å². The van der Waals surface area contributed by atoms with Crippen LogP contribution in [0.1, 0.15) is 27.8 Å². The van der Waals surface area contributed by atoms with Crippen molar-refractivity contribution in [2.75, 3.05) is 14.7 Å². The second-order valence-electron chi connectivity index (χ2n) is 13.2. The summed E-state index contributed by atoms with van der Waals surface area (Å²) < 4.78 is 0. The second-order valence-corrected chi connectivity index (χ2v) is 13.2. The fourth-order valence-corrected chi connectivity index (χ4v) is 6.63. The molecule has 0 bridgehead atoms. The number of aryl methyl sites for hydroxylation is 5. The van der Waals surface area contributed by atoms with E-state index >= 15 is 0 Å². The Kier molecular flexibility index (Phi) is 9.22. The molecular formula is C47H43N3. The van der Waals surface area contributed by atoms with Crippen LogP contribution in [0.5, 0.6) is 0 Å². The molecule has 0 aliphatic rings. The van der Waals surface area contributed by atoms with E-state index in [9.17, 15) is 0 Å². The minimum absolute atomic E-state index is 1.08. The third-order valence-corrected chi connectivity index (χ3v) is 9.04. The van der Waals surface area contributed by atoms with Gasteiger partial charge >= 0.3 is 0 Å². The Morgan fingerprint density at radius 2 is 0.460 bits per heavy atom. The van der Waals surface area contributed by atoms with E-state index in [1.165, 1.54) is 27.8 Å². The summed E-state index contributed by atoms with van der Waals surface area (Å²) in [6.45, 7) is 10.7. The first-order chi connectivity index (χ1) is 24.3. The molecule has 0 unspecified atom stereocenters. The fraction of sp³-hybridized carbons (Fsp3) is 0.106. The van der Waals surface area contributed by atoms with Crippen LogP contribution in [0.15, 0.2) is 170 Å². The molecule has 50 heavy (non-hydrogen) atoms. The third-order valence-electron chi connectivity index (χ3n) is 9.04. The number of benzene rings is 7. The highest BCUT2D eigenvalue weighted by Crippen LogP contribution is 2.42. The zero-order valence-corrected chi connectivity index (χ0v) is 29.5. The molecule has 7 aromatic carbocycles. The Hall–Kier alpha value is -6.06. The molecule has 0 saturated carbocycles. The summed E-state index contributed by atoms with van der Waals surface area (Å²) in [5.41, 5.74) is 16.1. The van der Waals surface area contributed by atoms with Crippen LogP contribution in [0.4, 0.5) is 51.2 Å². The minimum Gasteiger partial charge on any atom is -0.310 e. The Bertz CT molecular complexity index is 2140. The maximum Gasteiger partial charge on any atom is 0.0482 e. The minimum atomic E-state index is 1.08. The van der Waals surface area contributed by atoms with Gasteiger partial charge in [0.1, 0.15) is 0 Å². The summed E-state index contributed by atoms with van der Waals surface area (Å²) in [6, 6.07) is 61.4. The van der Waals surface area contributed by atoms with Crippen LogP contribution in [0, 0.1) is 34.6 Å². The molecule has 0 aliphatic carbocycles. The van der Waals surface area contributed by atoms with Gasteiger partial charge in [0, 0.05) is 51.2 Å². The van der Waals surface area contributed by atoms with E-state index in [0.717, 1.165) is 51.2 Å². The number of rotatable bonds is 9. The molecule has 0 atom stereocenters. The molecule has 3 heteroatoms. The van der Waals surface area contributed by atoms with E-state index in [2.05, 4.69) is 219 Å². The number of hydrogen-bond donors (Lipinski definition) is 0. The lowest BCUT2D eigenvalue weighted by Gasteiger charge is -2.30. The smallest absolute Gasteiger partial charge is 0.0482 e. The summed E-state index contributed by atoms with van der Waals surface area (Å²) in [6.07, 6.45) is 0. The quantitative estimate of drug-likeness (QED) is 0.154. The normalized spacial score (nSPS) is 10.9. The van der Waals surface area contributed by atoms with Gasteiger partial charge in [0.2, 0.25) is 0 Å². The van der Waals surface area contributed by atoms with Crippen LogP contribution in [0.2, 0.25) is 0 Å². The van der Waals surface area contributed by atoms with Gasteiger partial charge in [-0.2, -0.15) is 0 Å². The van der Waals surface area contributed by atoms with Crippen LogP contribution < -0.4 is 14.7 Å². The van der Waals surface area contributed by atoms with Gasteiger partial charge in [-0.05, 0) is 160 Å². The maximum absolute atomic E-state index is 2.35. The zero-order valence-electron chi connectivity index (χ0n) is 29.5. The SMILES string of the molecule is Cc1ccc(N(c2ccc(N(c3cccc(C)c3)c3cccc(C)c3)cc2)c2cccc(N(c3cccc(C)c3)c3cccc(C)c3)c2)cc1. The van der Waals surface area contributed by atoms with E-state index in [-0.39, 0.29) is 0 Å². The molecule has 0 heterocycles. The lowest BCUT2D eigenvalue weighted by molar-refractivity contribution is 1.23. The lowest BCUT2D eigenvalue weighted by atomic mass is 10.1. The van der Waals surface area contributed by atoms with Gasteiger partial charge < -0.3 is 14.7 Å². The van der Waals surface area contributed by atoms with E-state index in [1.54, 1.807) is 0 Å². The van der Waals surface area contributed by atoms with Gasteiger partial charge in [0.15, 0.2) is 0 Å². The maximum atomic E-state index is 2.35. The first kappa shape index (κ1) is 32.5. The second kappa shape index (κ2) is 14.2. The number of anilines is 9. The molecule has 7 aromatic rings. The molecule has 7 rings (SSSR count). The Balaban J connectivity index is 1.34. The predicted octanol–water partition coefficient (Wildman–Crippen LogP) is 13.6. The Morgan fingerprint density at radius 3 is 0.780 bits per heavy atom. The van der Waals surface area contributed by atoms with Crippen LogP contribution in [-0.2, 0) is 0 Å². The van der Waals surface area contributed by atoms with Crippen LogP contribution in [0.3, 0.4) is 0 Å². The number of nitrogens with zero attached hydrogens (tertiary/aromatic N) is 3. The molecule has 0 radical (unpaired) electrons. The van der Waals surface area contributed by atoms with Gasteiger partial charge in [-0.3, -0.25) is 0 Å². The molecule has 0 amide bonds. The fourth-order valence-electron chi connectivity index (χ4n) is 6.63. The lowest BCUT2D eigenvalue weighted by Crippen LogP contribution is -2.14. The van der Waals surface area contributed by atoms with Crippen molar-refractivity contribution in [3.8, 4) is 0 Å². The highest BCUT2D eigenvalue weighted by molar-refractivity contribution is 5.85. The number of hydrogen-bond acceptors (Lipinski definition) is 3. The van der Waals surface area contributed by atoms with Crippen molar-refractivity contribution in [1.82, 2.24) is 0 Å². The van der Waals surface area contributed by atoms with Crippen LogP contribution in [0.25, 0.3) is 0 Å². The molecule has 246 valence electrons. The largest absolute Gasteiger partial charge is 0.310 e. The summed E-state index contributed by atoms with van der Waals surface area (Å²) in [5, 5.41) is 0. The molecule has 0 N–H and O–H groups in total. The standard InChI is InChI=1S/C47H43N3/c1-34-21-23-39(24-22-34)48(40-25-27-41(28-26-40)49(42-15-6-11-35(2)29-42)43-16-7-12-36(3)30-43)46-19-10-20-47(33-46)50(44-17-8-13-37(4)31-44)45-18-9-14-38(5)32-45/h6-33H,1-5H3. The Morgan fingerprint density at radius 1 is 0.220 bits per heavy atom. The zero-order chi connectivity index (χ0) is 34.6. The van der Waals surface area contributed by atoms with Crippen molar-refractivity contribution < 1.29 is 0 Å². The third kappa shape index (κ3) is 7.04. The summed E-state index contributed by atoms with van der Waals surface area (Å²) >= 11 is 0. The molecule has 0 aliphatic heterocycles. The van der Waals surface area contributed by atoms with Gasteiger partial charge in [-0.15, -0.1) is 0 Å². The molecular weight excluding hydrogens is 607 g/mol. The average Bonchev–Trinajstić information content (AvgIpc) is 3.11. The molecule has 0 saturated heterocycles. The molecule has 0 fully saturated rings. The summed E-state index contributed by atoms with van der Waals surface area (Å²) in [7, 11) is 0. The van der Waals surface area contributed by atoms with E-state index < -0.39 is 0 Å². The first-order valence-electron chi connectivity index (χ1n) is 17.3. The van der Waals surface area contributed by atoms with Crippen LogP contribution in [-0.4, -0.2) is 0 Å². The van der Waals surface area contributed by atoms with Crippen molar-refractivity contribution in [3.05, 3.63) is 198 Å².